The Bertz CT molecular complexity index is 148. The highest BCUT2D eigenvalue weighted by molar-refractivity contribution is 9.12. The molecule has 3 unspecified atom stereocenters. The van der Waals surface area contributed by atoms with Crippen molar-refractivity contribution in [2.75, 3.05) is 0 Å². The first-order chi connectivity index (χ1) is 4.63. The average molecular weight is 335 g/mol. The molecule has 0 aromatic rings. The van der Waals surface area contributed by atoms with E-state index in [1.54, 1.807) is 0 Å². The number of carbonyl (C=O) groups is 1. The lowest BCUT2D eigenvalue weighted by molar-refractivity contribution is -0.118. The van der Waals surface area contributed by atoms with Crippen molar-refractivity contribution in [1.29, 1.82) is 0 Å². The highest BCUT2D eigenvalue weighted by Crippen LogP contribution is 2.30. The van der Waals surface area contributed by atoms with Crippen LogP contribution in [0, 0.1) is 0 Å². The first kappa shape index (κ1) is 9.20. The minimum Gasteiger partial charge on any atom is -0.297 e. The molecule has 0 aliphatic heterocycles. The summed E-state index contributed by atoms with van der Waals surface area (Å²) < 4.78 is 0. The summed E-state index contributed by atoms with van der Waals surface area (Å²) in [6.45, 7) is 0. The van der Waals surface area contributed by atoms with Crippen molar-refractivity contribution in [3.05, 3.63) is 0 Å². The Morgan fingerprint density at radius 3 is 2.30 bits per heavy atom. The molecule has 1 aliphatic rings. The molecule has 0 spiro atoms. The molecule has 1 nitrogen and oxygen atoms in total. The van der Waals surface area contributed by atoms with Crippen LogP contribution < -0.4 is 0 Å². The standard InChI is InChI=1S/C6H7Br3O/c7-3-1-2-4(8)6(10)5(3)9/h3-5H,1-2H2. The Morgan fingerprint density at radius 2 is 1.80 bits per heavy atom. The number of alkyl halides is 3. The number of hydrogen-bond donors (Lipinski definition) is 0. The van der Waals surface area contributed by atoms with E-state index in [2.05, 4.69) is 47.8 Å². The van der Waals surface area contributed by atoms with Crippen molar-refractivity contribution in [3.63, 3.8) is 0 Å². The van der Waals surface area contributed by atoms with Gasteiger partial charge in [0.05, 0.1) is 9.65 Å². The molecule has 1 fully saturated rings. The molecule has 3 atom stereocenters. The number of Topliss-reactive ketones (excluding diaryl/α,β-unsaturated/α-hetero) is 1. The summed E-state index contributed by atoms with van der Waals surface area (Å²) in [5.41, 5.74) is 0. The summed E-state index contributed by atoms with van der Waals surface area (Å²) in [6, 6.07) is 0. The van der Waals surface area contributed by atoms with E-state index >= 15 is 0 Å². The lowest BCUT2D eigenvalue weighted by Gasteiger charge is -2.24. The van der Waals surface area contributed by atoms with Gasteiger partial charge in [0.2, 0.25) is 0 Å². The predicted molar refractivity (Wildman–Crippen MR) is 52.4 cm³/mol. The molecule has 0 bridgehead atoms. The Labute approximate surface area is 85.3 Å². The molecule has 0 saturated heterocycles. The largest absolute Gasteiger partial charge is 0.297 e. The lowest BCUT2D eigenvalue weighted by Crippen LogP contribution is -2.36. The Kier molecular flexibility index (Phi) is 3.38. The normalized spacial score (nSPS) is 41.9. The molecule has 0 N–H and O–H groups in total. The second-order valence-electron chi connectivity index (χ2n) is 2.37. The first-order valence-electron chi connectivity index (χ1n) is 3.09. The van der Waals surface area contributed by atoms with Crippen molar-refractivity contribution >= 4 is 53.6 Å². The van der Waals surface area contributed by atoms with E-state index in [1.807, 2.05) is 0 Å². The van der Waals surface area contributed by atoms with Gasteiger partial charge in [-0.05, 0) is 12.8 Å². The summed E-state index contributed by atoms with van der Waals surface area (Å²) in [5.74, 6) is 0.258. The van der Waals surface area contributed by atoms with Gasteiger partial charge >= 0.3 is 0 Å². The van der Waals surface area contributed by atoms with E-state index in [4.69, 9.17) is 0 Å². The maximum atomic E-state index is 11.2. The summed E-state index contributed by atoms with van der Waals surface area (Å²) >= 11 is 10.1. The van der Waals surface area contributed by atoms with Crippen molar-refractivity contribution in [3.8, 4) is 0 Å². The second-order valence-corrected chi connectivity index (χ2v) is 5.63. The molecule has 58 valence electrons. The SMILES string of the molecule is O=C1C(Br)CCC(Br)C1Br. The summed E-state index contributed by atoms with van der Waals surface area (Å²) in [7, 11) is 0. The zero-order valence-electron chi connectivity index (χ0n) is 5.19. The molecule has 0 aromatic carbocycles. The Morgan fingerprint density at radius 1 is 1.20 bits per heavy atom. The fourth-order valence-corrected chi connectivity index (χ4v) is 2.96. The number of hydrogen-bond acceptors (Lipinski definition) is 1. The molecule has 0 amide bonds. The maximum Gasteiger partial charge on any atom is 0.161 e. The van der Waals surface area contributed by atoms with E-state index < -0.39 is 0 Å². The Balaban J connectivity index is 2.60. The molecule has 1 rings (SSSR count). The number of carbonyl (C=O) groups excluding carboxylic acids is 1. The van der Waals surface area contributed by atoms with Gasteiger partial charge in [0.1, 0.15) is 0 Å². The molecular formula is C6H7Br3O. The second kappa shape index (κ2) is 3.68. The van der Waals surface area contributed by atoms with Crippen LogP contribution in [0.25, 0.3) is 0 Å². The summed E-state index contributed by atoms with van der Waals surface area (Å²) in [6.07, 6.45) is 1.99. The van der Waals surface area contributed by atoms with Crippen LogP contribution in [0.2, 0.25) is 0 Å². The lowest BCUT2D eigenvalue weighted by atomic mass is 9.99. The van der Waals surface area contributed by atoms with E-state index in [-0.39, 0.29) is 15.4 Å². The molecule has 0 heterocycles. The van der Waals surface area contributed by atoms with Crippen LogP contribution in [0.5, 0.6) is 0 Å². The van der Waals surface area contributed by atoms with Gasteiger partial charge in [0.25, 0.3) is 0 Å². The third-order valence-electron chi connectivity index (χ3n) is 1.59. The van der Waals surface area contributed by atoms with Gasteiger partial charge in [-0.2, -0.15) is 0 Å². The van der Waals surface area contributed by atoms with Gasteiger partial charge in [0, 0.05) is 4.83 Å². The van der Waals surface area contributed by atoms with Crippen molar-refractivity contribution in [2.45, 2.75) is 27.3 Å². The van der Waals surface area contributed by atoms with Gasteiger partial charge in [-0.3, -0.25) is 4.79 Å². The predicted octanol–water partition coefficient (Wildman–Crippen LogP) is 2.64. The van der Waals surface area contributed by atoms with E-state index in [9.17, 15) is 4.79 Å². The van der Waals surface area contributed by atoms with Crippen molar-refractivity contribution in [1.82, 2.24) is 0 Å². The monoisotopic (exact) mass is 332 g/mol. The van der Waals surface area contributed by atoms with Crippen molar-refractivity contribution < 1.29 is 4.79 Å². The van der Waals surface area contributed by atoms with Gasteiger partial charge in [-0.1, -0.05) is 47.8 Å². The van der Waals surface area contributed by atoms with Gasteiger partial charge in [0.15, 0.2) is 5.78 Å². The fourth-order valence-electron chi connectivity index (χ4n) is 0.945. The third kappa shape index (κ3) is 1.83. The van der Waals surface area contributed by atoms with E-state index in [1.165, 1.54) is 0 Å². The summed E-state index contributed by atoms with van der Waals surface area (Å²) in [5, 5.41) is 0. The smallest absolute Gasteiger partial charge is 0.161 e. The zero-order chi connectivity index (χ0) is 7.72. The van der Waals surface area contributed by atoms with Gasteiger partial charge in [-0.25, -0.2) is 0 Å². The molecule has 10 heavy (non-hydrogen) atoms. The molecule has 1 saturated carbocycles. The minimum absolute atomic E-state index is 0.00868. The van der Waals surface area contributed by atoms with E-state index in [0.29, 0.717) is 4.83 Å². The maximum absolute atomic E-state index is 11.2. The average Bonchev–Trinajstić information content (AvgIpc) is 1.93. The van der Waals surface area contributed by atoms with E-state index in [0.717, 1.165) is 12.8 Å². The highest BCUT2D eigenvalue weighted by atomic mass is 79.9. The fraction of sp³-hybridized carbons (Fsp3) is 0.833. The number of rotatable bonds is 0. The van der Waals surface area contributed by atoms with Gasteiger partial charge < -0.3 is 0 Å². The quantitative estimate of drug-likeness (QED) is 0.622. The van der Waals surface area contributed by atoms with Crippen LogP contribution in [-0.4, -0.2) is 20.3 Å². The van der Waals surface area contributed by atoms with Crippen LogP contribution in [0.4, 0.5) is 0 Å². The molecule has 0 radical (unpaired) electrons. The molecule has 0 aromatic heterocycles. The molecule has 1 aliphatic carbocycles. The highest BCUT2D eigenvalue weighted by Gasteiger charge is 2.33. The zero-order valence-corrected chi connectivity index (χ0v) is 9.95. The first-order valence-corrected chi connectivity index (χ1v) is 5.83. The topological polar surface area (TPSA) is 17.1 Å². The third-order valence-corrected chi connectivity index (χ3v) is 5.29. The molecule has 4 heteroatoms. The summed E-state index contributed by atoms with van der Waals surface area (Å²) in [4.78, 5) is 11.6. The number of ketones is 1. The minimum atomic E-state index is -0.00868. The van der Waals surface area contributed by atoms with Crippen LogP contribution in [0.3, 0.4) is 0 Å². The van der Waals surface area contributed by atoms with Crippen LogP contribution in [0.1, 0.15) is 12.8 Å². The van der Waals surface area contributed by atoms with Gasteiger partial charge in [-0.15, -0.1) is 0 Å². The van der Waals surface area contributed by atoms with Crippen LogP contribution in [0.15, 0.2) is 0 Å². The Hall–Kier alpha value is 1.11. The number of halogens is 3. The van der Waals surface area contributed by atoms with Crippen LogP contribution in [-0.2, 0) is 4.79 Å². The van der Waals surface area contributed by atoms with Crippen LogP contribution >= 0.6 is 47.8 Å². The van der Waals surface area contributed by atoms with Crippen molar-refractivity contribution in [2.24, 2.45) is 0 Å². The molecular weight excluding hydrogens is 328 g/mol.